The molecule has 1 aliphatic carbocycles. The number of carbonyl (C=O) groups is 3. The fraction of sp³-hybridized carbons (Fsp3) is 0.400. The van der Waals surface area contributed by atoms with E-state index in [0.717, 1.165) is 22.3 Å². The van der Waals surface area contributed by atoms with Gasteiger partial charge in [-0.3, -0.25) is 4.79 Å². The summed E-state index contributed by atoms with van der Waals surface area (Å²) in [4.78, 5) is 35.3. The van der Waals surface area contributed by atoms with Gasteiger partial charge < -0.3 is 20.5 Å². The molecule has 3 rings (SSSR count). The van der Waals surface area contributed by atoms with Crippen LogP contribution in [0.15, 0.2) is 48.5 Å². The lowest BCUT2D eigenvalue weighted by Gasteiger charge is -2.31. The summed E-state index contributed by atoms with van der Waals surface area (Å²) in [5.41, 5.74) is 3.70. The maximum absolute atomic E-state index is 13.2. The molecule has 0 fully saturated rings. The molecule has 1 atom stereocenters. The van der Waals surface area contributed by atoms with Crippen molar-refractivity contribution in [3.8, 4) is 11.1 Å². The van der Waals surface area contributed by atoms with Crippen molar-refractivity contribution in [3.63, 3.8) is 0 Å². The molecule has 9 heteroatoms. The number of carboxylic acid groups (broad SMARTS) is 1. The number of nitrogens with one attached hydrogen (secondary N) is 2. The Bertz CT molecular complexity index is 1040. The summed E-state index contributed by atoms with van der Waals surface area (Å²) in [6.45, 7) is 4.10. The van der Waals surface area contributed by atoms with Crippen molar-refractivity contribution in [2.45, 2.75) is 45.1 Å². The zero-order valence-electron chi connectivity index (χ0n) is 19.2. The third-order valence-electron chi connectivity index (χ3n) is 5.89. The molecule has 0 saturated heterocycles. The smallest absolute Gasteiger partial charge is 0.407 e. The van der Waals surface area contributed by atoms with Crippen molar-refractivity contribution in [1.82, 2.24) is 10.6 Å². The van der Waals surface area contributed by atoms with Crippen LogP contribution < -0.4 is 10.6 Å². The number of alkyl carbamates (subject to hydrolysis) is 1. The maximum Gasteiger partial charge on any atom is 0.407 e. The first-order valence-electron chi connectivity index (χ1n) is 10.9. The molecule has 0 radical (unpaired) electrons. The number of aliphatic carboxylic acids is 1. The second-order valence-electron chi connectivity index (χ2n) is 9.38. The number of hydrogen-bond acceptors (Lipinski definition) is 4. The lowest BCUT2D eigenvalue weighted by atomic mass is 9.84. The normalized spacial score (nSPS) is 14.0. The number of amides is 2. The molecule has 0 aliphatic heterocycles. The lowest BCUT2D eigenvalue weighted by Crippen LogP contribution is -2.48. The molecule has 1 aliphatic rings. The van der Waals surface area contributed by atoms with Crippen molar-refractivity contribution in [1.29, 1.82) is 0 Å². The summed E-state index contributed by atoms with van der Waals surface area (Å²) in [6.07, 6.45) is -1.05. The summed E-state index contributed by atoms with van der Waals surface area (Å²) >= 11 is 0. The van der Waals surface area contributed by atoms with Crippen LogP contribution in [-0.4, -0.2) is 48.2 Å². The minimum atomic E-state index is -4.08. The highest BCUT2D eigenvalue weighted by molar-refractivity contribution is 5.81. The van der Waals surface area contributed by atoms with Crippen LogP contribution in [0.1, 0.15) is 44.2 Å². The molecule has 0 aromatic heterocycles. The highest BCUT2D eigenvalue weighted by Gasteiger charge is 2.39. The first-order chi connectivity index (χ1) is 15.9. The van der Waals surface area contributed by atoms with E-state index >= 15 is 0 Å². The van der Waals surface area contributed by atoms with E-state index in [1.54, 1.807) is 20.8 Å². The topological polar surface area (TPSA) is 105 Å². The van der Waals surface area contributed by atoms with Crippen LogP contribution >= 0.6 is 0 Å². The Hall–Kier alpha value is -3.49. The van der Waals surface area contributed by atoms with Gasteiger partial charge in [0.15, 0.2) is 0 Å². The van der Waals surface area contributed by atoms with Crippen LogP contribution in [0, 0.1) is 5.41 Å². The molecule has 0 bridgehead atoms. The van der Waals surface area contributed by atoms with Crippen molar-refractivity contribution < 1.29 is 33.0 Å². The number of carboxylic acids is 1. The van der Waals surface area contributed by atoms with Gasteiger partial charge in [-0.05, 0) is 27.7 Å². The molecule has 1 unspecified atom stereocenters. The van der Waals surface area contributed by atoms with E-state index in [-0.39, 0.29) is 18.9 Å². The van der Waals surface area contributed by atoms with Crippen molar-refractivity contribution >= 4 is 18.0 Å². The highest BCUT2D eigenvalue weighted by atomic mass is 19.3. The molecule has 7 nitrogen and oxygen atoms in total. The minimum Gasteiger partial charge on any atom is -0.477 e. The maximum atomic E-state index is 13.2. The third kappa shape index (κ3) is 5.70. The van der Waals surface area contributed by atoms with Gasteiger partial charge in [-0.25, -0.2) is 9.59 Å². The van der Waals surface area contributed by atoms with Crippen molar-refractivity contribution in [3.05, 3.63) is 59.7 Å². The summed E-state index contributed by atoms with van der Waals surface area (Å²) in [6, 6.07) is 15.1. The molecule has 2 aromatic carbocycles. The molecule has 3 N–H and O–H groups in total. The van der Waals surface area contributed by atoms with Crippen LogP contribution in [-0.2, 0) is 14.3 Å². The average Bonchev–Trinajstić information content (AvgIpc) is 3.09. The molecule has 2 aromatic rings. The molecule has 0 spiro atoms. The van der Waals surface area contributed by atoms with Gasteiger partial charge in [-0.15, -0.1) is 0 Å². The van der Waals surface area contributed by atoms with Crippen molar-refractivity contribution in [2.24, 2.45) is 5.41 Å². The largest absolute Gasteiger partial charge is 0.477 e. The van der Waals surface area contributed by atoms with Crippen LogP contribution in [0.3, 0.4) is 0 Å². The Labute approximate surface area is 196 Å². The van der Waals surface area contributed by atoms with Gasteiger partial charge in [0.05, 0.1) is 6.54 Å². The third-order valence-corrected chi connectivity index (χ3v) is 5.89. The molecular weight excluding hydrogens is 446 g/mol. The van der Waals surface area contributed by atoms with E-state index in [4.69, 9.17) is 9.84 Å². The number of hydrogen-bond donors (Lipinski definition) is 3. The highest BCUT2D eigenvalue weighted by Crippen LogP contribution is 2.44. The number of carbonyl (C=O) groups excluding carboxylic acids is 2. The molecular formula is C25H28F2N2O5. The Morgan fingerprint density at radius 3 is 2.03 bits per heavy atom. The van der Waals surface area contributed by atoms with Crippen LogP contribution in [0.2, 0.25) is 0 Å². The Balaban J connectivity index is 1.62. The predicted octanol–water partition coefficient (Wildman–Crippen LogP) is 4.17. The first-order valence-corrected chi connectivity index (χ1v) is 10.9. The molecule has 2 amide bonds. The lowest BCUT2D eigenvalue weighted by molar-refractivity contribution is -0.164. The van der Waals surface area contributed by atoms with E-state index < -0.39 is 41.9 Å². The molecule has 0 saturated carbocycles. The standard InChI is InChI=1S/C25H28F2N2O5/c1-24(2,3)20(12-21(30)28-14-25(26,27)22(31)32)29-23(33)34-13-19-17-10-6-4-8-15(17)16-9-5-7-11-18(16)19/h4-11,19-20H,12-14H2,1-3H3,(H,28,30)(H,29,33)(H,31,32). The van der Waals surface area contributed by atoms with Gasteiger partial charge in [-0.1, -0.05) is 69.3 Å². The quantitative estimate of drug-likeness (QED) is 0.533. The van der Waals surface area contributed by atoms with E-state index in [0.29, 0.717) is 0 Å². The Kier molecular flexibility index (Phi) is 7.24. The van der Waals surface area contributed by atoms with Crippen LogP contribution in [0.5, 0.6) is 0 Å². The van der Waals surface area contributed by atoms with Gasteiger partial charge in [0, 0.05) is 18.4 Å². The second kappa shape index (κ2) is 9.79. The monoisotopic (exact) mass is 474 g/mol. The van der Waals surface area contributed by atoms with E-state index in [9.17, 15) is 23.2 Å². The fourth-order valence-electron chi connectivity index (χ4n) is 3.90. The number of fused-ring (bicyclic) bond motifs is 3. The number of benzene rings is 2. The van der Waals surface area contributed by atoms with Crippen molar-refractivity contribution in [2.75, 3.05) is 13.2 Å². The minimum absolute atomic E-state index is 0.0910. The summed E-state index contributed by atoms with van der Waals surface area (Å²) in [5, 5.41) is 13.1. The molecule has 34 heavy (non-hydrogen) atoms. The zero-order valence-corrected chi connectivity index (χ0v) is 19.2. The Morgan fingerprint density at radius 2 is 1.53 bits per heavy atom. The van der Waals surface area contributed by atoms with Crippen LogP contribution in [0.4, 0.5) is 13.6 Å². The zero-order chi connectivity index (χ0) is 25.1. The molecule has 182 valence electrons. The number of ether oxygens (including phenoxy) is 1. The number of halogens is 2. The molecule has 0 heterocycles. The van der Waals surface area contributed by atoms with Gasteiger partial charge in [-0.2, -0.15) is 8.78 Å². The summed E-state index contributed by atoms with van der Waals surface area (Å²) < 4.78 is 32.0. The number of rotatable bonds is 8. The summed E-state index contributed by atoms with van der Waals surface area (Å²) in [7, 11) is 0. The predicted molar refractivity (Wildman–Crippen MR) is 122 cm³/mol. The van der Waals surface area contributed by atoms with E-state index in [2.05, 4.69) is 5.32 Å². The fourth-order valence-corrected chi connectivity index (χ4v) is 3.90. The van der Waals surface area contributed by atoms with Crippen LogP contribution in [0.25, 0.3) is 11.1 Å². The summed E-state index contributed by atoms with van der Waals surface area (Å²) in [5.74, 6) is -7.34. The van der Waals surface area contributed by atoms with Gasteiger partial charge in [0.25, 0.3) is 0 Å². The second-order valence-corrected chi connectivity index (χ2v) is 9.38. The Morgan fingerprint density at radius 1 is 1.00 bits per heavy atom. The van der Waals surface area contributed by atoms with Gasteiger partial charge >= 0.3 is 18.0 Å². The van der Waals surface area contributed by atoms with E-state index in [1.165, 1.54) is 0 Å². The SMILES string of the molecule is CC(C)(C)C(CC(=O)NCC(F)(F)C(=O)O)NC(=O)OCC1c2ccccc2-c2ccccc21. The van der Waals surface area contributed by atoms with Gasteiger partial charge in [0.2, 0.25) is 5.91 Å². The van der Waals surface area contributed by atoms with Gasteiger partial charge in [0.1, 0.15) is 6.61 Å². The average molecular weight is 475 g/mol. The van der Waals surface area contributed by atoms with E-state index in [1.807, 2.05) is 53.8 Å². The first kappa shape index (κ1) is 25.1. The number of alkyl halides is 2.